The SMILES string of the molecule is CCC(C)c1cc(-c2cc(=O)n3cc(N4CCNCC4)ccc3c2C#N)ccc1OC. The number of hydrogen-bond acceptors (Lipinski definition) is 5. The van der Waals surface area contributed by atoms with E-state index in [1.165, 1.54) is 0 Å². The van der Waals surface area contributed by atoms with Crippen molar-refractivity contribution in [1.82, 2.24) is 9.72 Å². The van der Waals surface area contributed by atoms with Crippen LogP contribution in [0.1, 0.15) is 37.3 Å². The number of nitriles is 1. The van der Waals surface area contributed by atoms with Crippen LogP contribution in [0.2, 0.25) is 0 Å². The first kappa shape index (κ1) is 21.0. The molecule has 6 heteroatoms. The maximum absolute atomic E-state index is 13.1. The Hall–Kier alpha value is -3.30. The second-order valence-corrected chi connectivity index (χ2v) is 8.03. The molecule has 0 spiro atoms. The van der Waals surface area contributed by atoms with Crippen molar-refractivity contribution in [1.29, 1.82) is 5.26 Å². The number of ether oxygens (including phenoxy) is 1. The van der Waals surface area contributed by atoms with Gasteiger partial charge in [0.1, 0.15) is 11.8 Å². The van der Waals surface area contributed by atoms with Crippen molar-refractivity contribution in [2.45, 2.75) is 26.2 Å². The fraction of sp³-hybridized carbons (Fsp3) is 0.360. The fourth-order valence-electron chi connectivity index (χ4n) is 4.24. The van der Waals surface area contributed by atoms with E-state index in [0.29, 0.717) is 22.6 Å². The van der Waals surface area contributed by atoms with Crippen molar-refractivity contribution >= 4 is 11.2 Å². The molecule has 1 aromatic carbocycles. The molecule has 3 aromatic rings. The lowest BCUT2D eigenvalue weighted by atomic mass is 9.92. The van der Waals surface area contributed by atoms with Crippen LogP contribution in [0.5, 0.6) is 5.75 Å². The van der Waals surface area contributed by atoms with E-state index in [4.69, 9.17) is 4.74 Å². The van der Waals surface area contributed by atoms with Gasteiger partial charge in [0.25, 0.3) is 5.56 Å². The van der Waals surface area contributed by atoms with Gasteiger partial charge in [0.05, 0.1) is 23.9 Å². The van der Waals surface area contributed by atoms with Gasteiger partial charge in [0, 0.05) is 44.0 Å². The summed E-state index contributed by atoms with van der Waals surface area (Å²) in [6, 6.07) is 13.7. The number of nitrogens with one attached hydrogen (secondary N) is 1. The second-order valence-electron chi connectivity index (χ2n) is 8.03. The number of aromatic nitrogens is 1. The largest absolute Gasteiger partial charge is 0.496 e. The Labute approximate surface area is 182 Å². The van der Waals surface area contributed by atoms with Crippen molar-refractivity contribution in [3.63, 3.8) is 0 Å². The number of methoxy groups -OCH3 is 1. The summed E-state index contributed by atoms with van der Waals surface area (Å²) in [6.45, 7) is 7.92. The van der Waals surface area contributed by atoms with Gasteiger partial charge in [-0.25, -0.2) is 0 Å². The maximum atomic E-state index is 13.1. The molecule has 1 aliphatic rings. The first-order valence-electron chi connectivity index (χ1n) is 10.8. The van der Waals surface area contributed by atoms with Crippen LogP contribution in [0.4, 0.5) is 5.69 Å². The molecular weight excluding hydrogens is 388 g/mol. The lowest BCUT2D eigenvalue weighted by Crippen LogP contribution is -2.43. The van der Waals surface area contributed by atoms with Gasteiger partial charge in [0.15, 0.2) is 0 Å². The Morgan fingerprint density at radius 3 is 2.65 bits per heavy atom. The van der Waals surface area contributed by atoms with Crippen molar-refractivity contribution in [3.8, 4) is 22.9 Å². The molecule has 1 N–H and O–H groups in total. The van der Waals surface area contributed by atoms with Gasteiger partial charge in [-0.05, 0) is 47.7 Å². The monoisotopic (exact) mass is 416 g/mol. The molecule has 31 heavy (non-hydrogen) atoms. The third-order valence-electron chi connectivity index (χ3n) is 6.24. The number of pyridine rings is 2. The third kappa shape index (κ3) is 3.89. The van der Waals surface area contributed by atoms with Crippen molar-refractivity contribution in [3.05, 3.63) is 64.1 Å². The number of nitrogens with zero attached hydrogens (tertiary/aromatic N) is 3. The summed E-state index contributed by atoms with van der Waals surface area (Å²) in [5.74, 6) is 1.14. The average molecular weight is 417 g/mol. The van der Waals surface area contributed by atoms with Crippen molar-refractivity contribution in [2.24, 2.45) is 0 Å². The van der Waals surface area contributed by atoms with Crippen LogP contribution >= 0.6 is 0 Å². The van der Waals surface area contributed by atoms with E-state index < -0.39 is 0 Å². The molecule has 1 atom stereocenters. The van der Waals surface area contributed by atoms with Gasteiger partial charge in [-0.2, -0.15) is 5.26 Å². The summed E-state index contributed by atoms with van der Waals surface area (Å²) < 4.78 is 7.14. The molecule has 1 saturated heterocycles. The highest BCUT2D eigenvalue weighted by Gasteiger charge is 2.18. The Morgan fingerprint density at radius 2 is 1.97 bits per heavy atom. The zero-order chi connectivity index (χ0) is 22.0. The number of piperazine rings is 1. The number of benzene rings is 1. The van der Waals surface area contributed by atoms with Crippen LogP contribution in [0.25, 0.3) is 16.6 Å². The van der Waals surface area contributed by atoms with Crippen molar-refractivity contribution < 1.29 is 4.74 Å². The second kappa shape index (κ2) is 8.83. The molecule has 0 bridgehead atoms. The van der Waals surface area contributed by atoms with Crippen LogP contribution in [-0.4, -0.2) is 37.7 Å². The van der Waals surface area contributed by atoms with Crippen LogP contribution in [0.15, 0.2) is 47.4 Å². The molecule has 1 fully saturated rings. The number of rotatable bonds is 5. The topological polar surface area (TPSA) is 69.8 Å². The predicted octanol–water partition coefficient (Wildman–Crippen LogP) is 3.77. The normalized spacial score (nSPS) is 15.0. The lowest BCUT2D eigenvalue weighted by Gasteiger charge is -2.29. The van der Waals surface area contributed by atoms with Crippen LogP contribution in [0, 0.1) is 11.3 Å². The third-order valence-corrected chi connectivity index (χ3v) is 6.24. The summed E-state index contributed by atoms with van der Waals surface area (Å²) in [6.07, 6.45) is 2.83. The number of anilines is 1. The highest BCUT2D eigenvalue weighted by Crippen LogP contribution is 2.34. The highest BCUT2D eigenvalue weighted by atomic mass is 16.5. The molecule has 6 nitrogen and oxygen atoms in total. The number of fused-ring (bicyclic) bond motifs is 1. The Morgan fingerprint density at radius 1 is 1.19 bits per heavy atom. The predicted molar refractivity (Wildman–Crippen MR) is 124 cm³/mol. The minimum atomic E-state index is -0.137. The number of hydrogen-bond donors (Lipinski definition) is 1. The zero-order valence-corrected chi connectivity index (χ0v) is 18.3. The van der Waals surface area contributed by atoms with Gasteiger partial charge in [-0.15, -0.1) is 0 Å². The summed E-state index contributed by atoms with van der Waals surface area (Å²) in [5, 5.41) is 13.3. The lowest BCUT2D eigenvalue weighted by molar-refractivity contribution is 0.406. The molecule has 1 unspecified atom stereocenters. The van der Waals surface area contributed by atoms with E-state index in [0.717, 1.165) is 55.2 Å². The van der Waals surface area contributed by atoms with E-state index >= 15 is 0 Å². The van der Waals surface area contributed by atoms with Gasteiger partial charge in [0.2, 0.25) is 0 Å². The smallest absolute Gasteiger partial charge is 0.255 e. The van der Waals surface area contributed by atoms with E-state index in [1.54, 1.807) is 17.6 Å². The molecule has 0 aliphatic carbocycles. The summed E-state index contributed by atoms with van der Waals surface area (Å²) in [5.41, 5.74) is 4.60. The van der Waals surface area contributed by atoms with Gasteiger partial charge in [-0.3, -0.25) is 9.20 Å². The Bertz CT molecular complexity index is 1200. The standard InChI is InChI=1S/C25H28N4O2/c1-4-17(2)20-13-18(5-8-24(20)31-3)21-14-25(30)29-16-19(28-11-9-27-10-12-28)6-7-23(29)22(21)15-26/h5-8,13-14,16-17,27H,4,9-12H2,1-3H3. The quantitative estimate of drug-likeness (QED) is 0.686. The summed E-state index contributed by atoms with van der Waals surface area (Å²) in [7, 11) is 1.67. The highest BCUT2D eigenvalue weighted by molar-refractivity contribution is 5.80. The molecule has 3 heterocycles. The van der Waals surface area contributed by atoms with Gasteiger partial charge in [-0.1, -0.05) is 19.9 Å². The van der Waals surface area contributed by atoms with Crippen molar-refractivity contribution in [2.75, 3.05) is 38.2 Å². The van der Waals surface area contributed by atoms with E-state index in [2.05, 4.69) is 30.1 Å². The molecule has 0 saturated carbocycles. The van der Waals surface area contributed by atoms with Gasteiger partial charge < -0.3 is 15.0 Å². The van der Waals surface area contributed by atoms with Crippen LogP contribution in [-0.2, 0) is 0 Å². The van der Waals surface area contributed by atoms with E-state index in [-0.39, 0.29) is 5.56 Å². The van der Waals surface area contributed by atoms with Crippen LogP contribution < -0.4 is 20.5 Å². The zero-order valence-electron chi connectivity index (χ0n) is 18.3. The van der Waals surface area contributed by atoms with E-state index in [9.17, 15) is 10.1 Å². The molecule has 4 rings (SSSR count). The minimum Gasteiger partial charge on any atom is -0.496 e. The molecule has 1 aliphatic heterocycles. The average Bonchev–Trinajstić information content (AvgIpc) is 2.83. The molecular formula is C25H28N4O2. The fourth-order valence-corrected chi connectivity index (χ4v) is 4.24. The van der Waals surface area contributed by atoms with E-state index in [1.807, 2.05) is 36.5 Å². The Balaban J connectivity index is 1.86. The first-order valence-corrected chi connectivity index (χ1v) is 10.8. The van der Waals surface area contributed by atoms with Crippen LogP contribution in [0.3, 0.4) is 0 Å². The molecule has 0 amide bonds. The Kier molecular flexibility index (Phi) is 5.97. The first-order chi connectivity index (χ1) is 15.1. The maximum Gasteiger partial charge on any atom is 0.255 e. The summed E-state index contributed by atoms with van der Waals surface area (Å²) >= 11 is 0. The molecule has 160 valence electrons. The minimum absolute atomic E-state index is 0.137. The molecule has 0 radical (unpaired) electrons. The van der Waals surface area contributed by atoms with Gasteiger partial charge >= 0.3 is 0 Å². The molecule has 2 aromatic heterocycles. The summed E-state index contributed by atoms with van der Waals surface area (Å²) in [4.78, 5) is 15.3.